The number of likely N-dealkylation sites (tertiary alicyclic amines) is 1. The van der Waals surface area contributed by atoms with Crippen molar-refractivity contribution < 1.29 is 4.74 Å². The first-order valence-electron chi connectivity index (χ1n) is 12.8. The summed E-state index contributed by atoms with van der Waals surface area (Å²) in [5.41, 5.74) is 4.86. The van der Waals surface area contributed by atoms with Crippen LogP contribution in [0.1, 0.15) is 61.8 Å². The number of nitrogens with zero attached hydrogens (tertiary/aromatic N) is 8. The van der Waals surface area contributed by atoms with Gasteiger partial charge in [0.2, 0.25) is 5.88 Å². The highest BCUT2D eigenvalue weighted by molar-refractivity contribution is 5.71. The van der Waals surface area contributed by atoms with Gasteiger partial charge in [0.1, 0.15) is 23.5 Å². The highest BCUT2D eigenvalue weighted by atomic mass is 16.5. The first-order valence-corrected chi connectivity index (χ1v) is 12.8. The fourth-order valence-corrected chi connectivity index (χ4v) is 5.58. The number of pyridine rings is 2. The quantitative estimate of drug-likeness (QED) is 0.355. The summed E-state index contributed by atoms with van der Waals surface area (Å²) in [7, 11) is 0. The molecule has 5 heterocycles. The summed E-state index contributed by atoms with van der Waals surface area (Å²) in [4.78, 5) is 10.9. The van der Waals surface area contributed by atoms with Crippen molar-refractivity contribution in [3.63, 3.8) is 0 Å². The Balaban J connectivity index is 1.35. The predicted molar refractivity (Wildman–Crippen MR) is 136 cm³/mol. The molecule has 4 aromatic heterocycles. The molecule has 0 N–H and O–H groups in total. The van der Waals surface area contributed by atoms with Gasteiger partial charge in [-0.25, -0.2) is 4.98 Å². The Bertz CT molecular complexity index is 1520. The molecule has 0 radical (unpaired) electrons. The molecule has 0 amide bonds. The van der Waals surface area contributed by atoms with Crippen molar-refractivity contribution in [1.82, 2.24) is 29.0 Å². The molecule has 37 heavy (non-hydrogen) atoms. The van der Waals surface area contributed by atoms with Crippen molar-refractivity contribution in [2.45, 2.75) is 57.7 Å². The number of imidazole rings is 1. The summed E-state index contributed by atoms with van der Waals surface area (Å²) in [6.07, 6.45) is 11.6. The second-order valence-electron chi connectivity index (χ2n) is 10.0. The average Bonchev–Trinajstić information content (AvgIpc) is 3.58. The molecule has 9 nitrogen and oxygen atoms in total. The van der Waals surface area contributed by atoms with Crippen LogP contribution in [0.15, 0.2) is 48.9 Å². The van der Waals surface area contributed by atoms with Crippen LogP contribution in [0.4, 0.5) is 0 Å². The van der Waals surface area contributed by atoms with Gasteiger partial charge in [0, 0.05) is 36.1 Å². The summed E-state index contributed by atoms with van der Waals surface area (Å²) in [6.45, 7) is 4.81. The zero-order valence-corrected chi connectivity index (χ0v) is 20.9. The maximum absolute atomic E-state index is 9.66. The average molecular weight is 493 g/mol. The van der Waals surface area contributed by atoms with Crippen molar-refractivity contribution in [1.29, 1.82) is 10.5 Å². The van der Waals surface area contributed by atoms with E-state index in [0.29, 0.717) is 29.2 Å². The zero-order chi connectivity index (χ0) is 25.5. The van der Waals surface area contributed by atoms with Gasteiger partial charge in [-0.1, -0.05) is 6.07 Å². The van der Waals surface area contributed by atoms with E-state index in [0.717, 1.165) is 41.9 Å². The van der Waals surface area contributed by atoms with Gasteiger partial charge in [-0.3, -0.25) is 14.1 Å². The minimum Gasteiger partial charge on any atom is -0.469 e. The minimum absolute atomic E-state index is 0.268. The number of ether oxygens (including phenoxy) is 1. The Morgan fingerprint density at radius 2 is 1.97 bits per heavy atom. The summed E-state index contributed by atoms with van der Waals surface area (Å²) < 4.78 is 10.2. The summed E-state index contributed by atoms with van der Waals surface area (Å²) >= 11 is 0. The van der Waals surface area contributed by atoms with Crippen LogP contribution < -0.4 is 4.74 Å². The maximum atomic E-state index is 9.66. The third kappa shape index (κ3) is 4.17. The molecule has 6 rings (SSSR count). The number of nitriles is 2. The summed E-state index contributed by atoms with van der Waals surface area (Å²) in [5.74, 6) is 1.17. The molecule has 3 atom stereocenters. The largest absolute Gasteiger partial charge is 0.469 e. The molecule has 186 valence electrons. The first kappa shape index (κ1) is 23.1. The molecule has 2 fully saturated rings. The number of hydrogen-bond acceptors (Lipinski definition) is 7. The van der Waals surface area contributed by atoms with Crippen molar-refractivity contribution in [3.05, 3.63) is 66.0 Å². The van der Waals surface area contributed by atoms with E-state index < -0.39 is 0 Å². The van der Waals surface area contributed by atoms with Gasteiger partial charge in [0.05, 0.1) is 24.1 Å². The molecule has 9 heteroatoms. The van der Waals surface area contributed by atoms with Crippen molar-refractivity contribution in [2.75, 3.05) is 6.54 Å². The van der Waals surface area contributed by atoms with Crippen LogP contribution in [-0.4, -0.2) is 41.6 Å². The van der Waals surface area contributed by atoms with Crippen LogP contribution in [0.2, 0.25) is 0 Å². The highest BCUT2D eigenvalue weighted by Gasteiger charge is 2.40. The van der Waals surface area contributed by atoms with Crippen molar-refractivity contribution >= 4 is 5.65 Å². The van der Waals surface area contributed by atoms with Gasteiger partial charge in [-0.15, -0.1) is 0 Å². The second kappa shape index (κ2) is 9.25. The number of hydrogen-bond donors (Lipinski definition) is 0. The van der Waals surface area contributed by atoms with Gasteiger partial charge in [0.25, 0.3) is 0 Å². The van der Waals surface area contributed by atoms with E-state index in [4.69, 9.17) is 9.84 Å². The third-order valence-electron chi connectivity index (χ3n) is 7.70. The molecule has 1 saturated heterocycles. The zero-order valence-electron chi connectivity index (χ0n) is 20.9. The lowest BCUT2D eigenvalue weighted by molar-refractivity contribution is 0.150. The molecule has 0 aromatic carbocycles. The molecule has 0 unspecified atom stereocenters. The number of aromatic nitrogens is 5. The molecule has 1 aliphatic carbocycles. The number of fused-ring (bicyclic) bond motifs is 1. The van der Waals surface area contributed by atoms with Gasteiger partial charge < -0.3 is 9.64 Å². The van der Waals surface area contributed by atoms with Crippen LogP contribution >= 0.6 is 0 Å². The topological polar surface area (TPSA) is 108 Å². The minimum atomic E-state index is -0.318. The van der Waals surface area contributed by atoms with E-state index in [1.807, 2.05) is 48.4 Å². The molecule has 0 bridgehead atoms. The van der Waals surface area contributed by atoms with Gasteiger partial charge in [0.15, 0.2) is 6.19 Å². The Morgan fingerprint density at radius 3 is 2.70 bits per heavy atom. The molecule has 0 spiro atoms. The normalized spacial score (nSPS) is 20.4. The van der Waals surface area contributed by atoms with E-state index >= 15 is 0 Å². The van der Waals surface area contributed by atoms with Gasteiger partial charge >= 0.3 is 0 Å². The first-order chi connectivity index (χ1) is 18.1. The molecule has 4 aromatic rings. The Morgan fingerprint density at radius 1 is 1.11 bits per heavy atom. The van der Waals surface area contributed by atoms with E-state index in [2.05, 4.69) is 33.8 Å². The van der Waals surface area contributed by atoms with Crippen molar-refractivity contribution in [3.8, 4) is 29.3 Å². The van der Waals surface area contributed by atoms with Crippen molar-refractivity contribution in [2.24, 2.45) is 5.92 Å². The van der Waals surface area contributed by atoms with E-state index in [-0.39, 0.29) is 12.1 Å². The third-order valence-corrected chi connectivity index (χ3v) is 7.70. The lowest BCUT2D eigenvalue weighted by Crippen LogP contribution is -2.41. The standard InChI is InChI=1S/C28H28N8O/c1-18-24(16-33-36(18)22-8-10-34(17-30)26(13-22)20-6-7-20)21-11-27-32-15-23(14-29)35(27)28(12-21)37-19(2)25-5-3-4-9-31-25/h3-5,9,11-12,15-16,19-20,22,26H,6-8,10,13H2,1-2H3/t19-,22-,26+/m1/s1. The molecule has 1 saturated carbocycles. The smallest absolute Gasteiger partial charge is 0.201 e. The molecular formula is C28H28N8O. The highest BCUT2D eigenvalue weighted by Crippen LogP contribution is 2.42. The summed E-state index contributed by atoms with van der Waals surface area (Å²) in [5, 5.41) is 24.0. The van der Waals surface area contributed by atoms with E-state index in [1.54, 1.807) is 16.8 Å². The molecular weight excluding hydrogens is 464 g/mol. The van der Waals surface area contributed by atoms with E-state index in [9.17, 15) is 10.5 Å². The Labute approximate surface area is 215 Å². The van der Waals surface area contributed by atoms with Gasteiger partial charge in [-0.05, 0) is 69.2 Å². The predicted octanol–water partition coefficient (Wildman–Crippen LogP) is 4.81. The van der Waals surface area contributed by atoms with Crippen LogP contribution in [0.5, 0.6) is 5.88 Å². The summed E-state index contributed by atoms with van der Waals surface area (Å²) in [6, 6.07) is 12.4. The lowest BCUT2D eigenvalue weighted by Gasteiger charge is -2.36. The van der Waals surface area contributed by atoms with E-state index in [1.165, 1.54) is 12.8 Å². The van der Waals surface area contributed by atoms with Gasteiger partial charge in [-0.2, -0.15) is 15.6 Å². The SMILES string of the molecule is Cc1c(-c2cc(O[C@H](C)c3ccccn3)n3c(C#N)cnc3c2)cnn1[C@@H]1CCN(C#N)[C@H](C2CC2)C1. The number of rotatable bonds is 6. The fourth-order valence-electron chi connectivity index (χ4n) is 5.58. The van der Waals surface area contributed by atoms with Crippen LogP contribution in [0.3, 0.4) is 0 Å². The Hall–Kier alpha value is -4.37. The Kier molecular flexibility index (Phi) is 5.77. The van der Waals surface area contributed by atoms with Crippen LogP contribution in [0.25, 0.3) is 16.8 Å². The number of piperidine rings is 1. The van der Waals surface area contributed by atoms with Crippen LogP contribution in [-0.2, 0) is 0 Å². The monoisotopic (exact) mass is 492 g/mol. The molecule has 1 aliphatic heterocycles. The fraction of sp³-hybridized carbons (Fsp3) is 0.393. The maximum Gasteiger partial charge on any atom is 0.201 e. The van der Waals surface area contributed by atoms with Crippen LogP contribution in [0, 0.1) is 35.6 Å². The lowest BCUT2D eigenvalue weighted by atomic mass is 9.94. The second-order valence-corrected chi connectivity index (χ2v) is 10.0. The molecule has 2 aliphatic rings.